The minimum atomic E-state index is -1.54. The first kappa shape index (κ1) is 41.3. The van der Waals surface area contributed by atoms with Crippen LogP contribution in [0, 0.1) is 0 Å². The number of carbonyl (C=O) groups is 6. The number of aliphatic hydroxyl groups is 1. The molecule has 0 aliphatic carbocycles. The van der Waals surface area contributed by atoms with E-state index in [1.165, 1.54) is 33.2 Å². The molecular weight excluding hydrogens is 696 g/mol. The third-order valence-electron chi connectivity index (χ3n) is 7.97. The molecule has 1 heterocycles. The number of amides is 5. The number of Topliss-reactive ketones (excluding diaryl/α,β-unsaturated/α-hetero) is 1. The molecule has 5 amide bonds. The molecule has 16 nitrogen and oxygen atoms in total. The van der Waals surface area contributed by atoms with Crippen LogP contribution < -0.4 is 38.1 Å². The number of unbranched alkanes of at least 4 members (excludes halogenated alkanes) is 1. The molecule has 0 aliphatic heterocycles. The Labute approximate surface area is 305 Å². The summed E-state index contributed by atoms with van der Waals surface area (Å²) < 4.78 is 5.00. The summed E-state index contributed by atoms with van der Waals surface area (Å²) in [5.74, 6) is -4.53. The standard InChI is InChI=1S/C35H45ClN8O8/c1-19(29(46)35-39-16-17-52-35)40-32(49)26(6-4-5-15-37)42-30(47)20(2)41-34(51)28(21(3)45)44-33(50)27(18-38)43-31(48)24-9-7-22(8-10-24)23-11-13-25(36)14-12-23/h7-14,16-17,19-21,26-28,45H,4-6,15,18,37-38H2,1-3H3,(H,40,49)(H,41,51)(H,42,47)(H,43,48)(H,44,50)/t19-,20-,21+,26-,27-,28-/m0/s1. The molecule has 0 saturated carbocycles. The van der Waals surface area contributed by atoms with Gasteiger partial charge in [0, 0.05) is 17.1 Å². The van der Waals surface area contributed by atoms with Crippen LogP contribution in [0.1, 0.15) is 61.1 Å². The predicted molar refractivity (Wildman–Crippen MR) is 192 cm³/mol. The van der Waals surface area contributed by atoms with Crippen LogP contribution in [0.3, 0.4) is 0 Å². The third kappa shape index (κ3) is 12.0. The van der Waals surface area contributed by atoms with Crippen LogP contribution in [-0.2, 0) is 19.2 Å². The van der Waals surface area contributed by atoms with Crippen molar-refractivity contribution in [2.24, 2.45) is 11.5 Å². The highest BCUT2D eigenvalue weighted by molar-refractivity contribution is 6.30. The van der Waals surface area contributed by atoms with E-state index in [-0.39, 0.29) is 24.4 Å². The van der Waals surface area contributed by atoms with Crippen LogP contribution in [0.15, 0.2) is 65.4 Å². The lowest BCUT2D eigenvalue weighted by molar-refractivity contribution is -0.135. The highest BCUT2D eigenvalue weighted by atomic mass is 35.5. The maximum Gasteiger partial charge on any atom is 0.265 e. The normalized spacial score (nSPS) is 14.4. The molecule has 0 bridgehead atoms. The molecule has 3 rings (SSSR count). The molecule has 0 radical (unpaired) electrons. The number of carbonyl (C=O) groups excluding carboxylic acids is 6. The van der Waals surface area contributed by atoms with Gasteiger partial charge in [-0.05, 0) is 82.0 Å². The van der Waals surface area contributed by atoms with Crippen molar-refractivity contribution < 1.29 is 38.3 Å². The number of benzene rings is 2. The Hall–Kier alpha value is -5.16. The van der Waals surface area contributed by atoms with Gasteiger partial charge in [0.25, 0.3) is 11.8 Å². The Bertz CT molecular complexity index is 1670. The van der Waals surface area contributed by atoms with Crippen LogP contribution in [0.5, 0.6) is 0 Å². The second-order valence-electron chi connectivity index (χ2n) is 12.1. The topological polar surface area (TPSA) is 261 Å². The van der Waals surface area contributed by atoms with E-state index in [0.717, 1.165) is 11.1 Å². The lowest BCUT2D eigenvalue weighted by atomic mass is 10.0. The molecule has 10 N–H and O–H groups in total. The van der Waals surface area contributed by atoms with E-state index >= 15 is 0 Å². The zero-order chi connectivity index (χ0) is 38.4. The summed E-state index contributed by atoms with van der Waals surface area (Å²) in [4.78, 5) is 81.8. The van der Waals surface area contributed by atoms with E-state index in [1.807, 2.05) is 12.1 Å². The van der Waals surface area contributed by atoms with Crippen LogP contribution in [-0.4, -0.2) is 94.8 Å². The number of aliphatic hydroxyl groups excluding tert-OH is 1. The summed E-state index contributed by atoms with van der Waals surface area (Å²) in [5.41, 5.74) is 13.3. The van der Waals surface area contributed by atoms with Gasteiger partial charge in [-0.25, -0.2) is 4.98 Å². The zero-order valence-electron chi connectivity index (χ0n) is 29.1. The summed E-state index contributed by atoms with van der Waals surface area (Å²) >= 11 is 5.95. The fraction of sp³-hybridized carbons (Fsp3) is 0.400. The fourth-order valence-corrected chi connectivity index (χ4v) is 5.05. The van der Waals surface area contributed by atoms with Gasteiger partial charge in [0.2, 0.25) is 29.4 Å². The van der Waals surface area contributed by atoms with E-state index in [1.54, 1.807) is 36.4 Å². The smallest absolute Gasteiger partial charge is 0.265 e. The maximum absolute atomic E-state index is 13.2. The number of halogens is 1. The van der Waals surface area contributed by atoms with Crippen molar-refractivity contribution >= 4 is 46.9 Å². The number of oxazole rings is 1. The van der Waals surface area contributed by atoms with Crippen molar-refractivity contribution in [3.05, 3.63) is 77.5 Å². The second-order valence-corrected chi connectivity index (χ2v) is 12.5. The average molecular weight is 741 g/mol. The van der Waals surface area contributed by atoms with Crippen LogP contribution in [0.25, 0.3) is 11.1 Å². The Balaban J connectivity index is 1.59. The molecule has 2 aromatic carbocycles. The van der Waals surface area contributed by atoms with Crippen LogP contribution in [0.2, 0.25) is 5.02 Å². The number of hydrogen-bond acceptors (Lipinski definition) is 11. The molecule has 6 atom stereocenters. The van der Waals surface area contributed by atoms with Crippen LogP contribution in [0.4, 0.5) is 0 Å². The van der Waals surface area contributed by atoms with Crippen molar-refractivity contribution in [1.29, 1.82) is 0 Å². The van der Waals surface area contributed by atoms with E-state index in [9.17, 15) is 33.9 Å². The molecule has 0 saturated heterocycles. The molecular formula is C35H45ClN8O8. The van der Waals surface area contributed by atoms with Crippen molar-refractivity contribution in [2.75, 3.05) is 13.1 Å². The first-order chi connectivity index (χ1) is 24.7. The quantitative estimate of drug-likeness (QED) is 0.0617. The number of hydrogen-bond donors (Lipinski definition) is 8. The maximum atomic E-state index is 13.2. The Morgan fingerprint density at radius 3 is 1.90 bits per heavy atom. The van der Waals surface area contributed by atoms with Gasteiger partial charge in [-0.3, -0.25) is 28.8 Å². The number of nitrogens with one attached hydrogen (secondary N) is 5. The minimum absolute atomic E-state index is 0.181. The molecule has 280 valence electrons. The van der Waals surface area contributed by atoms with Crippen molar-refractivity contribution in [3.63, 3.8) is 0 Å². The van der Waals surface area contributed by atoms with Gasteiger partial charge in [-0.15, -0.1) is 0 Å². The first-order valence-electron chi connectivity index (χ1n) is 16.7. The summed E-state index contributed by atoms with van der Waals surface area (Å²) in [6.07, 6.45) is 2.31. The summed E-state index contributed by atoms with van der Waals surface area (Å²) in [5, 5.41) is 23.4. The third-order valence-corrected chi connectivity index (χ3v) is 8.22. The lowest BCUT2D eigenvalue weighted by Gasteiger charge is -2.26. The Kier molecular flexibility index (Phi) is 15.9. The highest BCUT2D eigenvalue weighted by Crippen LogP contribution is 2.22. The SMILES string of the molecule is C[C@H](NC(=O)[C@@H](NC(=O)[C@H](CN)NC(=O)c1ccc(-c2ccc(Cl)cc2)cc1)[C@@H](C)O)C(=O)N[C@@H](CCCCN)C(=O)N[C@@H](C)C(=O)c1ncco1. The Morgan fingerprint density at radius 2 is 1.35 bits per heavy atom. The molecule has 0 fully saturated rings. The van der Waals surface area contributed by atoms with Crippen molar-refractivity contribution in [3.8, 4) is 11.1 Å². The fourth-order valence-electron chi connectivity index (χ4n) is 4.93. The summed E-state index contributed by atoms with van der Waals surface area (Å²) in [6.45, 7) is 4.07. The molecule has 0 unspecified atom stereocenters. The monoisotopic (exact) mass is 740 g/mol. The number of rotatable bonds is 19. The van der Waals surface area contributed by atoms with Crippen molar-refractivity contribution in [1.82, 2.24) is 31.6 Å². The van der Waals surface area contributed by atoms with E-state index in [4.69, 9.17) is 27.5 Å². The van der Waals surface area contributed by atoms with Gasteiger partial charge in [0.05, 0.1) is 18.3 Å². The molecule has 0 spiro atoms. The van der Waals surface area contributed by atoms with E-state index in [2.05, 4.69) is 31.6 Å². The number of aromatic nitrogens is 1. The number of nitrogens with two attached hydrogens (primary N) is 2. The van der Waals surface area contributed by atoms with Crippen LogP contribution >= 0.6 is 11.6 Å². The van der Waals surface area contributed by atoms with E-state index < -0.39 is 71.6 Å². The summed E-state index contributed by atoms with van der Waals surface area (Å²) in [7, 11) is 0. The molecule has 0 aliphatic rings. The number of ketones is 1. The highest BCUT2D eigenvalue weighted by Gasteiger charge is 2.32. The lowest BCUT2D eigenvalue weighted by Crippen LogP contribution is -2.61. The van der Waals surface area contributed by atoms with Gasteiger partial charge < -0.3 is 47.6 Å². The number of nitrogens with zero attached hydrogens (tertiary/aromatic N) is 1. The first-order valence-corrected chi connectivity index (χ1v) is 17.0. The largest absolute Gasteiger partial charge is 0.442 e. The van der Waals surface area contributed by atoms with Gasteiger partial charge in [-0.1, -0.05) is 35.9 Å². The Morgan fingerprint density at radius 1 is 0.750 bits per heavy atom. The second kappa shape index (κ2) is 20.0. The van der Waals surface area contributed by atoms with Gasteiger partial charge in [0.15, 0.2) is 0 Å². The van der Waals surface area contributed by atoms with Gasteiger partial charge >= 0.3 is 0 Å². The van der Waals surface area contributed by atoms with Gasteiger partial charge in [0.1, 0.15) is 30.4 Å². The molecule has 3 aromatic rings. The molecule has 17 heteroatoms. The predicted octanol–water partition coefficient (Wildman–Crippen LogP) is 0.424. The molecule has 52 heavy (non-hydrogen) atoms. The zero-order valence-corrected chi connectivity index (χ0v) is 29.8. The van der Waals surface area contributed by atoms with Crippen molar-refractivity contribution in [2.45, 2.75) is 76.3 Å². The minimum Gasteiger partial charge on any atom is -0.442 e. The van der Waals surface area contributed by atoms with E-state index in [0.29, 0.717) is 24.4 Å². The molecule has 1 aromatic heterocycles. The average Bonchev–Trinajstić information content (AvgIpc) is 3.67. The summed E-state index contributed by atoms with van der Waals surface area (Å²) in [6, 6.07) is 7.63. The van der Waals surface area contributed by atoms with Gasteiger partial charge in [-0.2, -0.15) is 0 Å².